The van der Waals surface area contributed by atoms with E-state index in [9.17, 15) is 14.0 Å². The first-order valence-corrected chi connectivity index (χ1v) is 5.41. The van der Waals surface area contributed by atoms with Crippen LogP contribution in [0.4, 0.5) is 4.39 Å². The Morgan fingerprint density at radius 3 is 2.56 bits per heavy atom. The van der Waals surface area contributed by atoms with Gasteiger partial charge in [-0.2, -0.15) is 5.10 Å². The van der Waals surface area contributed by atoms with Crippen LogP contribution in [0.1, 0.15) is 37.0 Å². The minimum absolute atomic E-state index is 0.0413. The summed E-state index contributed by atoms with van der Waals surface area (Å²) in [6, 6.07) is -0.0285. The molecule has 0 spiro atoms. The van der Waals surface area contributed by atoms with E-state index in [2.05, 4.69) is 15.5 Å². The third-order valence-electron chi connectivity index (χ3n) is 2.38. The molecule has 7 heteroatoms. The molecule has 6 nitrogen and oxygen atoms in total. The average Bonchev–Trinajstić information content (AvgIpc) is 2.73. The summed E-state index contributed by atoms with van der Waals surface area (Å²) in [7, 11) is 0. The van der Waals surface area contributed by atoms with Gasteiger partial charge in [0.1, 0.15) is 12.4 Å². The van der Waals surface area contributed by atoms with Crippen molar-refractivity contribution in [3.63, 3.8) is 0 Å². The van der Waals surface area contributed by atoms with Crippen LogP contribution in [-0.4, -0.2) is 39.9 Å². The Balaban J connectivity index is 2.79. The van der Waals surface area contributed by atoms with Crippen molar-refractivity contribution in [2.45, 2.75) is 32.2 Å². The normalized spacial score (nSPS) is 13.1. The lowest BCUT2D eigenvalue weighted by molar-refractivity contribution is -0.139. The average molecular weight is 257 g/mol. The Bertz CT molecular complexity index is 451. The van der Waals surface area contributed by atoms with Gasteiger partial charge in [-0.25, -0.2) is 9.18 Å². The maximum absolute atomic E-state index is 12.4. The van der Waals surface area contributed by atoms with Gasteiger partial charge in [0.2, 0.25) is 0 Å². The number of aliphatic carboxylic acids is 1. The molecule has 3 N–H and O–H groups in total. The van der Waals surface area contributed by atoms with Gasteiger partial charge in [0, 0.05) is 11.1 Å². The molecule has 18 heavy (non-hydrogen) atoms. The summed E-state index contributed by atoms with van der Waals surface area (Å²) >= 11 is 0. The van der Waals surface area contributed by atoms with Gasteiger partial charge >= 0.3 is 5.97 Å². The third-order valence-corrected chi connectivity index (χ3v) is 2.38. The van der Waals surface area contributed by atoms with E-state index in [1.54, 1.807) is 0 Å². The number of amides is 1. The Morgan fingerprint density at radius 2 is 2.17 bits per heavy atom. The maximum atomic E-state index is 12.4. The Kier molecular flexibility index (Phi) is 4.05. The van der Waals surface area contributed by atoms with Crippen LogP contribution in [0.3, 0.4) is 0 Å². The summed E-state index contributed by atoms with van der Waals surface area (Å²) in [6.45, 7) is 4.63. The highest BCUT2D eigenvalue weighted by Crippen LogP contribution is 2.20. The van der Waals surface area contributed by atoms with Gasteiger partial charge in [-0.05, 0) is 6.07 Å². The molecular formula is C11H16FN3O3. The van der Waals surface area contributed by atoms with E-state index in [0.29, 0.717) is 0 Å². The molecule has 1 aromatic heterocycles. The third kappa shape index (κ3) is 3.28. The molecule has 1 amide bonds. The molecule has 1 unspecified atom stereocenters. The fraction of sp³-hybridized carbons (Fsp3) is 0.545. The fourth-order valence-corrected chi connectivity index (χ4v) is 1.22. The lowest BCUT2D eigenvalue weighted by Crippen LogP contribution is -2.42. The number of carboxylic acids is 1. The van der Waals surface area contributed by atoms with E-state index in [1.807, 2.05) is 20.8 Å². The van der Waals surface area contributed by atoms with Crippen LogP contribution in [-0.2, 0) is 10.2 Å². The minimum Gasteiger partial charge on any atom is -0.480 e. The van der Waals surface area contributed by atoms with E-state index >= 15 is 0 Å². The van der Waals surface area contributed by atoms with E-state index < -0.39 is 24.6 Å². The van der Waals surface area contributed by atoms with Crippen LogP contribution in [0.5, 0.6) is 0 Å². The topological polar surface area (TPSA) is 95.1 Å². The van der Waals surface area contributed by atoms with Gasteiger partial charge in [0.05, 0.1) is 0 Å². The van der Waals surface area contributed by atoms with Crippen molar-refractivity contribution < 1.29 is 19.1 Å². The minimum atomic E-state index is -1.55. The number of alkyl halides is 1. The molecule has 0 aliphatic heterocycles. The smallest absolute Gasteiger partial charge is 0.328 e. The summed E-state index contributed by atoms with van der Waals surface area (Å²) in [5.41, 5.74) is 0.567. The molecule has 1 heterocycles. The number of H-pyrrole nitrogens is 1. The molecule has 1 rings (SSSR count). The van der Waals surface area contributed by atoms with E-state index in [-0.39, 0.29) is 11.1 Å². The van der Waals surface area contributed by atoms with Gasteiger partial charge in [-0.3, -0.25) is 9.89 Å². The lowest BCUT2D eigenvalue weighted by Gasteiger charge is -2.14. The van der Waals surface area contributed by atoms with Crippen LogP contribution >= 0.6 is 0 Å². The van der Waals surface area contributed by atoms with E-state index in [1.165, 1.54) is 6.07 Å². The molecule has 0 aliphatic rings. The molecule has 1 aromatic rings. The summed E-state index contributed by atoms with van der Waals surface area (Å²) < 4.78 is 12.4. The highest BCUT2D eigenvalue weighted by Gasteiger charge is 2.23. The zero-order chi connectivity index (χ0) is 13.9. The monoisotopic (exact) mass is 257 g/mol. The number of rotatable bonds is 4. The summed E-state index contributed by atoms with van der Waals surface area (Å²) in [6.07, 6.45) is 0. The first kappa shape index (κ1) is 14.1. The van der Waals surface area contributed by atoms with Crippen LogP contribution in [0.2, 0.25) is 0 Å². The zero-order valence-corrected chi connectivity index (χ0v) is 10.5. The predicted octanol–water partition coefficient (Wildman–Crippen LogP) is 0.860. The number of hydrogen-bond donors (Lipinski definition) is 3. The number of hydrogen-bond acceptors (Lipinski definition) is 3. The van der Waals surface area contributed by atoms with Crippen molar-refractivity contribution in [1.82, 2.24) is 15.5 Å². The second-order valence-corrected chi connectivity index (χ2v) is 4.94. The van der Waals surface area contributed by atoms with Gasteiger partial charge in [0.15, 0.2) is 6.04 Å². The van der Waals surface area contributed by atoms with Crippen molar-refractivity contribution in [3.8, 4) is 0 Å². The number of carbonyl (C=O) groups is 2. The highest BCUT2D eigenvalue weighted by molar-refractivity contribution is 5.95. The number of aromatic amines is 1. The predicted molar refractivity (Wildman–Crippen MR) is 62.2 cm³/mol. The first-order valence-electron chi connectivity index (χ1n) is 5.41. The second kappa shape index (κ2) is 5.16. The molecule has 0 radical (unpaired) electrons. The molecule has 1 atom stereocenters. The van der Waals surface area contributed by atoms with Crippen molar-refractivity contribution in [2.24, 2.45) is 0 Å². The van der Waals surface area contributed by atoms with Crippen LogP contribution in [0.15, 0.2) is 6.07 Å². The van der Waals surface area contributed by atoms with Gasteiger partial charge in [-0.1, -0.05) is 20.8 Å². The number of carboxylic acid groups (broad SMARTS) is 1. The van der Waals surface area contributed by atoms with Crippen molar-refractivity contribution in [2.75, 3.05) is 6.67 Å². The van der Waals surface area contributed by atoms with Crippen LogP contribution in [0, 0.1) is 0 Å². The molecule has 0 fully saturated rings. The zero-order valence-electron chi connectivity index (χ0n) is 10.5. The second-order valence-electron chi connectivity index (χ2n) is 4.94. The molecule has 0 aliphatic carbocycles. The number of nitrogens with zero attached hydrogens (tertiary/aromatic N) is 1. The molecule has 0 saturated heterocycles. The van der Waals surface area contributed by atoms with Crippen molar-refractivity contribution >= 4 is 11.9 Å². The highest BCUT2D eigenvalue weighted by atomic mass is 19.1. The van der Waals surface area contributed by atoms with Crippen molar-refractivity contribution in [1.29, 1.82) is 0 Å². The van der Waals surface area contributed by atoms with Crippen molar-refractivity contribution in [3.05, 3.63) is 17.5 Å². The van der Waals surface area contributed by atoms with Gasteiger partial charge in [0.25, 0.3) is 5.91 Å². The summed E-state index contributed by atoms with van der Waals surface area (Å²) in [4.78, 5) is 22.2. The van der Waals surface area contributed by atoms with E-state index in [0.717, 1.165) is 5.69 Å². The Labute approximate surface area is 104 Å². The quantitative estimate of drug-likeness (QED) is 0.745. The van der Waals surface area contributed by atoms with Gasteiger partial charge in [-0.15, -0.1) is 0 Å². The fourth-order valence-electron chi connectivity index (χ4n) is 1.22. The molecule has 100 valence electrons. The molecular weight excluding hydrogens is 241 g/mol. The Hall–Kier alpha value is -1.92. The molecule has 0 aromatic carbocycles. The van der Waals surface area contributed by atoms with Crippen LogP contribution in [0.25, 0.3) is 0 Å². The van der Waals surface area contributed by atoms with E-state index in [4.69, 9.17) is 5.11 Å². The first-order chi connectivity index (χ1) is 8.25. The number of halogens is 1. The van der Waals surface area contributed by atoms with Gasteiger partial charge < -0.3 is 10.4 Å². The standard InChI is InChI=1S/C11H16FN3O3/c1-11(2,3)8-4-6(14-15-8)9(16)13-7(5-12)10(17)18/h4,7H,5H2,1-3H3,(H,13,16)(H,14,15)(H,17,18). The number of aromatic nitrogens is 2. The summed E-state index contributed by atoms with van der Waals surface area (Å²) in [5.74, 6) is -2.13. The lowest BCUT2D eigenvalue weighted by atomic mass is 9.92. The maximum Gasteiger partial charge on any atom is 0.328 e. The molecule has 0 saturated carbocycles. The largest absolute Gasteiger partial charge is 0.480 e. The van der Waals surface area contributed by atoms with Crippen LogP contribution < -0.4 is 5.32 Å². The number of nitrogens with one attached hydrogen (secondary N) is 2. The summed E-state index contributed by atoms with van der Waals surface area (Å²) in [5, 5.41) is 17.1. The Morgan fingerprint density at radius 1 is 1.56 bits per heavy atom. The number of carbonyl (C=O) groups excluding carboxylic acids is 1. The molecule has 0 bridgehead atoms. The SMILES string of the molecule is CC(C)(C)c1cc(C(=O)NC(CF)C(=O)O)n[nH]1.